The first kappa shape index (κ1) is 16.8. The van der Waals surface area contributed by atoms with E-state index in [1.165, 1.54) is 13.2 Å². The Morgan fingerprint density at radius 1 is 1.16 bits per heavy atom. The van der Waals surface area contributed by atoms with Crippen molar-refractivity contribution in [3.05, 3.63) is 89.0 Å². The van der Waals surface area contributed by atoms with E-state index in [4.69, 9.17) is 4.74 Å². The highest BCUT2D eigenvalue weighted by Crippen LogP contribution is 2.16. The molecule has 0 radical (unpaired) electrons. The van der Waals surface area contributed by atoms with Crippen molar-refractivity contribution in [2.24, 2.45) is 0 Å². The van der Waals surface area contributed by atoms with E-state index in [2.05, 4.69) is 4.98 Å². The number of methoxy groups -OCH3 is 1. The molecule has 0 unspecified atom stereocenters. The number of carbonyl (C=O) groups is 1. The number of esters is 1. The maximum atomic E-state index is 13.4. The van der Waals surface area contributed by atoms with Crippen LogP contribution in [-0.2, 0) is 17.7 Å². The second kappa shape index (κ2) is 7.25. The van der Waals surface area contributed by atoms with Gasteiger partial charge in [-0.1, -0.05) is 24.3 Å². The van der Waals surface area contributed by atoms with Crippen LogP contribution in [0.1, 0.15) is 27.3 Å². The van der Waals surface area contributed by atoms with Crippen LogP contribution in [-0.4, -0.2) is 22.6 Å². The Bertz CT molecular complexity index is 906. The molecule has 0 N–H and O–H groups in total. The number of carbonyl (C=O) groups excluding carboxylic acids is 1. The van der Waals surface area contributed by atoms with Gasteiger partial charge in [0.05, 0.1) is 12.7 Å². The highest BCUT2D eigenvalue weighted by atomic mass is 19.2. The smallest absolute Gasteiger partial charge is 0.338 e. The molecule has 0 saturated carbocycles. The summed E-state index contributed by atoms with van der Waals surface area (Å²) in [6.45, 7) is 0.421. The van der Waals surface area contributed by atoms with Crippen molar-refractivity contribution in [1.29, 1.82) is 0 Å². The largest absolute Gasteiger partial charge is 0.465 e. The molecule has 4 nitrogen and oxygen atoms in total. The summed E-state index contributed by atoms with van der Waals surface area (Å²) in [6.07, 6.45) is 3.77. The number of hydrogen-bond acceptors (Lipinski definition) is 3. The molecule has 0 aliphatic heterocycles. The summed E-state index contributed by atoms with van der Waals surface area (Å²) in [5.74, 6) is -1.48. The molecule has 1 heterocycles. The van der Waals surface area contributed by atoms with Crippen LogP contribution in [0.15, 0.2) is 54.9 Å². The maximum Gasteiger partial charge on any atom is 0.338 e. The van der Waals surface area contributed by atoms with E-state index in [1.807, 2.05) is 16.7 Å². The van der Waals surface area contributed by atoms with Crippen molar-refractivity contribution in [3.8, 4) is 0 Å². The molecule has 1 aromatic heterocycles. The molecule has 0 aliphatic carbocycles. The van der Waals surface area contributed by atoms with E-state index in [1.54, 1.807) is 24.5 Å². The van der Waals surface area contributed by atoms with Crippen molar-refractivity contribution in [3.63, 3.8) is 0 Å². The second-order valence-corrected chi connectivity index (χ2v) is 5.55. The molecule has 0 spiro atoms. The van der Waals surface area contributed by atoms with Crippen molar-refractivity contribution in [2.45, 2.75) is 13.0 Å². The van der Waals surface area contributed by atoms with Crippen LogP contribution in [0, 0.1) is 11.6 Å². The first-order valence-corrected chi connectivity index (χ1v) is 7.68. The zero-order valence-electron chi connectivity index (χ0n) is 13.6. The van der Waals surface area contributed by atoms with Crippen molar-refractivity contribution in [1.82, 2.24) is 9.55 Å². The Morgan fingerprint density at radius 3 is 2.72 bits per heavy atom. The highest BCUT2D eigenvalue weighted by Gasteiger charge is 2.13. The zero-order valence-corrected chi connectivity index (χ0v) is 13.6. The van der Waals surface area contributed by atoms with Gasteiger partial charge in [0.25, 0.3) is 0 Å². The third-order valence-corrected chi connectivity index (χ3v) is 3.91. The lowest BCUT2D eigenvalue weighted by Crippen LogP contribution is -2.11. The molecular weight excluding hydrogens is 326 g/mol. The molecule has 6 heteroatoms. The van der Waals surface area contributed by atoms with Crippen molar-refractivity contribution in [2.75, 3.05) is 7.11 Å². The van der Waals surface area contributed by atoms with E-state index in [0.717, 1.165) is 17.7 Å². The minimum atomic E-state index is -0.883. The Hall–Kier alpha value is -3.02. The predicted octanol–water partition coefficient (Wildman–Crippen LogP) is 3.59. The van der Waals surface area contributed by atoms with Gasteiger partial charge in [0.1, 0.15) is 5.82 Å². The Balaban J connectivity index is 1.85. The lowest BCUT2D eigenvalue weighted by molar-refractivity contribution is 0.0599. The van der Waals surface area contributed by atoms with Crippen LogP contribution in [0.5, 0.6) is 0 Å². The van der Waals surface area contributed by atoms with Gasteiger partial charge in [-0.05, 0) is 29.3 Å². The quantitative estimate of drug-likeness (QED) is 0.666. The van der Waals surface area contributed by atoms with Crippen LogP contribution < -0.4 is 0 Å². The number of ether oxygens (including phenoxy) is 1. The number of rotatable bonds is 5. The van der Waals surface area contributed by atoms with E-state index >= 15 is 0 Å². The second-order valence-electron chi connectivity index (χ2n) is 5.55. The molecule has 0 fully saturated rings. The monoisotopic (exact) mass is 342 g/mol. The number of nitrogens with zero attached hydrogens (tertiary/aromatic N) is 2. The molecule has 0 aliphatic rings. The summed E-state index contributed by atoms with van der Waals surface area (Å²) < 4.78 is 33.1. The van der Waals surface area contributed by atoms with Crippen LogP contribution in [0.3, 0.4) is 0 Å². The molecule has 3 aromatic rings. The van der Waals surface area contributed by atoms with Gasteiger partial charge in [0.2, 0.25) is 0 Å². The molecular formula is C19H16F2N2O2. The van der Waals surface area contributed by atoms with Gasteiger partial charge in [0, 0.05) is 25.4 Å². The fourth-order valence-electron chi connectivity index (χ4n) is 2.63. The van der Waals surface area contributed by atoms with E-state index in [9.17, 15) is 13.6 Å². The Kier molecular flexibility index (Phi) is 4.88. The number of benzene rings is 2. The maximum absolute atomic E-state index is 13.4. The Morgan fingerprint density at radius 2 is 1.96 bits per heavy atom. The summed E-state index contributed by atoms with van der Waals surface area (Å²) >= 11 is 0. The summed E-state index contributed by atoms with van der Waals surface area (Å²) in [7, 11) is 1.34. The van der Waals surface area contributed by atoms with E-state index < -0.39 is 17.6 Å². The summed E-state index contributed by atoms with van der Waals surface area (Å²) in [5.41, 5.74) is 1.89. The fraction of sp³-hybridized carbons (Fsp3) is 0.158. The number of hydrogen-bond donors (Lipinski definition) is 0. The topological polar surface area (TPSA) is 44.1 Å². The minimum absolute atomic E-state index is 0.352. The lowest BCUT2D eigenvalue weighted by Gasteiger charge is -2.11. The standard InChI is InChI=1S/C19H16F2N2O2/c1-25-19(24)15-5-3-2-4-14(15)12-23-9-8-22-18(23)11-13-6-7-16(20)17(21)10-13/h2-10H,11-12H2,1H3. The Labute approximate surface area is 143 Å². The molecule has 0 saturated heterocycles. The molecule has 0 bridgehead atoms. The highest BCUT2D eigenvalue weighted by molar-refractivity contribution is 5.90. The third-order valence-electron chi connectivity index (χ3n) is 3.91. The summed E-state index contributed by atoms with van der Waals surface area (Å²) in [4.78, 5) is 16.2. The predicted molar refractivity (Wildman–Crippen MR) is 88.3 cm³/mol. The van der Waals surface area contributed by atoms with Crippen LogP contribution >= 0.6 is 0 Å². The van der Waals surface area contributed by atoms with Crippen LogP contribution in [0.2, 0.25) is 0 Å². The average molecular weight is 342 g/mol. The summed E-state index contributed by atoms with van der Waals surface area (Å²) in [6, 6.07) is 10.9. The van der Waals surface area contributed by atoms with Gasteiger partial charge < -0.3 is 9.30 Å². The SMILES string of the molecule is COC(=O)c1ccccc1Cn1ccnc1Cc1ccc(F)c(F)c1. The van der Waals surface area contributed by atoms with Gasteiger partial charge in [0.15, 0.2) is 11.6 Å². The fourth-order valence-corrected chi connectivity index (χ4v) is 2.63. The van der Waals surface area contributed by atoms with Crippen LogP contribution in [0.4, 0.5) is 8.78 Å². The van der Waals surface area contributed by atoms with Crippen LogP contribution in [0.25, 0.3) is 0 Å². The van der Waals surface area contributed by atoms with Gasteiger partial charge in [-0.3, -0.25) is 0 Å². The van der Waals surface area contributed by atoms with Crippen molar-refractivity contribution < 1.29 is 18.3 Å². The van der Waals surface area contributed by atoms with Crippen molar-refractivity contribution >= 4 is 5.97 Å². The first-order valence-electron chi connectivity index (χ1n) is 7.68. The molecule has 0 amide bonds. The molecule has 128 valence electrons. The molecule has 3 rings (SSSR count). The molecule has 2 aromatic carbocycles. The summed E-state index contributed by atoms with van der Waals surface area (Å²) in [5, 5.41) is 0. The van der Waals surface area contributed by atoms with Gasteiger partial charge in [-0.15, -0.1) is 0 Å². The van der Waals surface area contributed by atoms with Gasteiger partial charge in [-0.2, -0.15) is 0 Å². The first-order chi connectivity index (χ1) is 12.1. The molecule has 0 atom stereocenters. The normalized spacial score (nSPS) is 10.7. The molecule has 25 heavy (non-hydrogen) atoms. The number of aromatic nitrogens is 2. The van der Waals surface area contributed by atoms with E-state index in [0.29, 0.717) is 29.9 Å². The van der Waals surface area contributed by atoms with Gasteiger partial charge >= 0.3 is 5.97 Å². The average Bonchev–Trinajstić information content (AvgIpc) is 3.05. The number of imidazole rings is 1. The van der Waals surface area contributed by atoms with Gasteiger partial charge in [-0.25, -0.2) is 18.6 Å². The number of halogens is 2. The minimum Gasteiger partial charge on any atom is -0.465 e. The lowest BCUT2D eigenvalue weighted by atomic mass is 10.1. The zero-order chi connectivity index (χ0) is 17.8. The van der Waals surface area contributed by atoms with E-state index in [-0.39, 0.29) is 0 Å². The third kappa shape index (κ3) is 3.74.